The summed E-state index contributed by atoms with van der Waals surface area (Å²) in [6.45, 7) is 0. The van der Waals surface area contributed by atoms with E-state index in [4.69, 9.17) is 11.0 Å². The molecule has 0 fully saturated rings. The third-order valence-electron chi connectivity index (χ3n) is 2.19. The van der Waals surface area contributed by atoms with Crippen molar-refractivity contribution < 1.29 is 19.6 Å². The zero-order chi connectivity index (χ0) is 16.2. The molecule has 0 radical (unpaired) electrons. The molecule has 0 aliphatic rings. The maximum atomic E-state index is 11.5. The van der Waals surface area contributed by atoms with Gasteiger partial charge in [0.1, 0.15) is 17.4 Å². The maximum Gasteiger partial charge on any atom is 0.319 e. The Morgan fingerprint density at radius 3 is 2.62 bits per heavy atom. The van der Waals surface area contributed by atoms with E-state index in [1.54, 1.807) is 5.32 Å². The highest BCUT2D eigenvalue weighted by molar-refractivity contribution is 9.10. The van der Waals surface area contributed by atoms with E-state index in [9.17, 15) is 24.8 Å². The fourth-order valence-corrected chi connectivity index (χ4v) is 1.77. The number of imide groups is 1. The summed E-state index contributed by atoms with van der Waals surface area (Å²) in [5, 5.41) is 31.0. The lowest BCUT2D eigenvalue weighted by Gasteiger charge is -2.04. The predicted molar refractivity (Wildman–Crippen MR) is 73.8 cm³/mol. The number of phenolic OH excluding ortho intramolecular Hbond substituents is 1. The minimum atomic E-state index is -1.16. The number of phenols is 1. The van der Waals surface area contributed by atoms with Gasteiger partial charge in [-0.15, -0.1) is 0 Å². The summed E-state index contributed by atoms with van der Waals surface area (Å²) in [7, 11) is 0. The van der Waals surface area contributed by atoms with Crippen molar-refractivity contribution in [2.75, 3.05) is 0 Å². The molecular formula is C11H7BrN4O5. The van der Waals surface area contributed by atoms with E-state index < -0.39 is 28.2 Å². The summed E-state index contributed by atoms with van der Waals surface area (Å²) < 4.78 is 0.00977. The first-order valence-corrected chi connectivity index (χ1v) is 5.95. The van der Waals surface area contributed by atoms with E-state index in [0.29, 0.717) is 0 Å². The van der Waals surface area contributed by atoms with E-state index in [1.165, 1.54) is 6.07 Å². The molecule has 0 aromatic heterocycles. The summed E-state index contributed by atoms with van der Waals surface area (Å²) in [5.41, 5.74) is 3.68. The van der Waals surface area contributed by atoms with E-state index in [0.717, 1.165) is 18.2 Å². The van der Waals surface area contributed by atoms with E-state index in [1.807, 2.05) is 0 Å². The molecule has 0 heterocycles. The number of benzene rings is 1. The molecule has 4 N–H and O–H groups in total. The van der Waals surface area contributed by atoms with Crippen molar-refractivity contribution in [3.63, 3.8) is 0 Å². The number of carbonyl (C=O) groups is 2. The van der Waals surface area contributed by atoms with Gasteiger partial charge in [0.2, 0.25) is 0 Å². The van der Waals surface area contributed by atoms with Gasteiger partial charge in [-0.2, -0.15) is 5.26 Å². The molecule has 0 atom stereocenters. The van der Waals surface area contributed by atoms with Gasteiger partial charge >= 0.3 is 6.03 Å². The first kappa shape index (κ1) is 16.1. The minimum Gasteiger partial charge on any atom is -0.506 e. The van der Waals surface area contributed by atoms with Crippen LogP contribution in [0.15, 0.2) is 22.2 Å². The van der Waals surface area contributed by atoms with Gasteiger partial charge in [-0.1, -0.05) is 0 Å². The Kier molecular flexibility index (Phi) is 4.98. The molecule has 21 heavy (non-hydrogen) atoms. The van der Waals surface area contributed by atoms with Crippen molar-refractivity contribution in [2.24, 2.45) is 5.73 Å². The number of rotatable bonds is 3. The summed E-state index contributed by atoms with van der Waals surface area (Å²) in [4.78, 5) is 32.0. The Hall–Kier alpha value is -2.93. The fourth-order valence-electron chi connectivity index (χ4n) is 1.30. The highest BCUT2D eigenvalue weighted by Gasteiger charge is 2.17. The summed E-state index contributed by atoms with van der Waals surface area (Å²) >= 11 is 2.91. The second-order valence-corrected chi connectivity index (χ2v) is 4.47. The van der Waals surface area contributed by atoms with Gasteiger partial charge in [-0.25, -0.2) is 4.79 Å². The first-order valence-electron chi connectivity index (χ1n) is 5.15. The summed E-state index contributed by atoms with van der Waals surface area (Å²) in [6, 6.07) is 2.36. The zero-order valence-corrected chi connectivity index (χ0v) is 11.7. The Morgan fingerprint density at radius 1 is 1.52 bits per heavy atom. The highest BCUT2D eigenvalue weighted by Crippen LogP contribution is 2.33. The van der Waals surface area contributed by atoms with E-state index in [-0.39, 0.29) is 15.7 Å². The third-order valence-corrected chi connectivity index (χ3v) is 2.79. The number of urea groups is 1. The van der Waals surface area contributed by atoms with Gasteiger partial charge in [0.15, 0.2) is 0 Å². The van der Waals surface area contributed by atoms with Crippen LogP contribution in [0.3, 0.4) is 0 Å². The van der Waals surface area contributed by atoms with Gasteiger partial charge in [-0.05, 0) is 22.0 Å². The number of primary amides is 1. The van der Waals surface area contributed by atoms with Crippen molar-refractivity contribution in [1.29, 1.82) is 5.26 Å². The number of nitro groups is 1. The number of carbonyl (C=O) groups excluding carboxylic acids is 2. The molecule has 1 aromatic rings. The van der Waals surface area contributed by atoms with Crippen molar-refractivity contribution in [1.82, 2.24) is 5.32 Å². The van der Waals surface area contributed by atoms with Crippen molar-refractivity contribution in [3.05, 3.63) is 37.9 Å². The first-order chi connectivity index (χ1) is 9.76. The van der Waals surface area contributed by atoms with Gasteiger partial charge < -0.3 is 10.8 Å². The van der Waals surface area contributed by atoms with Gasteiger partial charge in [0.25, 0.3) is 11.6 Å². The Labute approximate surface area is 125 Å². The molecule has 3 amide bonds. The molecule has 0 saturated heterocycles. The average molecular weight is 355 g/mol. The van der Waals surface area contributed by atoms with Crippen LogP contribution in [-0.4, -0.2) is 22.0 Å². The number of nitriles is 1. The number of nitrogens with zero attached hydrogens (tertiary/aromatic N) is 2. The molecule has 0 bridgehead atoms. The topological polar surface area (TPSA) is 159 Å². The maximum absolute atomic E-state index is 11.5. The number of hydrogen-bond donors (Lipinski definition) is 3. The zero-order valence-electron chi connectivity index (χ0n) is 10.2. The van der Waals surface area contributed by atoms with Crippen molar-refractivity contribution in [3.8, 4) is 11.8 Å². The molecule has 108 valence electrons. The molecule has 0 aliphatic heterocycles. The highest BCUT2D eigenvalue weighted by atomic mass is 79.9. The largest absolute Gasteiger partial charge is 0.506 e. The standard InChI is InChI=1S/C11H7BrN4O5/c12-8-3-7(16(20)21)2-5(9(8)17)1-6(4-13)10(18)15-11(14)19/h1-3,17H,(H3,14,15,18,19)/b6-1-. The number of hydrogen-bond acceptors (Lipinski definition) is 6. The predicted octanol–water partition coefficient (Wildman–Crippen LogP) is 1.16. The van der Waals surface area contributed by atoms with E-state index in [2.05, 4.69) is 15.9 Å². The van der Waals surface area contributed by atoms with Crippen LogP contribution in [0.25, 0.3) is 6.08 Å². The van der Waals surface area contributed by atoms with Gasteiger partial charge in [-0.3, -0.25) is 20.2 Å². The van der Waals surface area contributed by atoms with Crippen molar-refractivity contribution >= 4 is 39.6 Å². The summed E-state index contributed by atoms with van der Waals surface area (Å²) in [5.74, 6) is -1.49. The lowest BCUT2D eigenvalue weighted by atomic mass is 10.1. The molecule has 10 heteroatoms. The number of nitro benzene ring substituents is 1. The average Bonchev–Trinajstić information content (AvgIpc) is 2.38. The number of non-ortho nitro benzene ring substituents is 1. The molecular weight excluding hydrogens is 348 g/mol. The quantitative estimate of drug-likeness (QED) is 0.319. The van der Waals surface area contributed by atoms with Crippen LogP contribution in [-0.2, 0) is 4.79 Å². The molecule has 0 spiro atoms. The lowest BCUT2D eigenvalue weighted by Crippen LogP contribution is -2.35. The van der Waals surface area contributed by atoms with Gasteiger partial charge in [0.05, 0.1) is 9.40 Å². The van der Waals surface area contributed by atoms with Crippen LogP contribution in [0.4, 0.5) is 10.5 Å². The molecule has 1 aromatic carbocycles. The second-order valence-electron chi connectivity index (χ2n) is 3.61. The number of nitrogens with two attached hydrogens (primary N) is 1. The minimum absolute atomic E-state index is 0.00977. The SMILES string of the molecule is N#C/C(=C/c1cc([N+](=O)[O-])cc(Br)c1O)C(=O)NC(N)=O. The molecule has 0 saturated carbocycles. The van der Waals surface area contributed by atoms with Crippen LogP contribution in [0.1, 0.15) is 5.56 Å². The monoisotopic (exact) mass is 354 g/mol. The summed E-state index contributed by atoms with van der Waals surface area (Å²) in [6.07, 6.45) is 0.894. The number of amides is 3. The third kappa shape index (κ3) is 4.02. The molecule has 9 nitrogen and oxygen atoms in total. The number of halogens is 1. The Bertz CT molecular complexity index is 707. The fraction of sp³-hybridized carbons (Fsp3) is 0. The van der Waals surface area contributed by atoms with Crippen molar-refractivity contribution in [2.45, 2.75) is 0 Å². The number of nitrogens with one attached hydrogen (secondary N) is 1. The Balaban J connectivity index is 3.35. The molecule has 1 rings (SSSR count). The lowest BCUT2D eigenvalue weighted by molar-refractivity contribution is -0.385. The number of aromatic hydroxyl groups is 1. The van der Waals surface area contributed by atoms with Crippen LogP contribution in [0, 0.1) is 21.4 Å². The second kappa shape index (κ2) is 6.49. The molecule has 0 unspecified atom stereocenters. The molecule has 0 aliphatic carbocycles. The van der Waals surface area contributed by atoms with Crippen LogP contribution in [0.2, 0.25) is 0 Å². The normalized spacial score (nSPS) is 10.6. The Morgan fingerprint density at radius 2 is 2.14 bits per heavy atom. The van der Waals surface area contributed by atoms with Crippen LogP contribution in [0.5, 0.6) is 5.75 Å². The van der Waals surface area contributed by atoms with Crippen LogP contribution >= 0.6 is 15.9 Å². The van der Waals surface area contributed by atoms with Gasteiger partial charge in [0, 0.05) is 17.7 Å². The van der Waals surface area contributed by atoms with E-state index >= 15 is 0 Å². The smallest absolute Gasteiger partial charge is 0.319 e. The van der Waals surface area contributed by atoms with Crippen LogP contribution < -0.4 is 11.1 Å².